The first-order valence-electron chi connectivity index (χ1n) is 7.82. The van der Waals surface area contributed by atoms with Crippen LogP contribution in [-0.4, -0.2) is 48.4 Å². The van der Waals surface area contributed by atoms with Crippen LogP contribution in [0.3, 0.4) is 0 Å². The molecule has 8 heteroatoms. The topological polar surface area (TPSA) is 90.5 Å². The Kier molecular flexibility index (Phi) is 6.16. The van der Waals surface area contributed by atoms with Crippen molar-refractivity contribution in [1.82, 2.24) is 20.9 Å². The first-order chi connectivity index (χ1) is 11.1. The number of amides is 4. The van der Waals surface area contributed by atoms with Crippen LogP contribution in [0.5, 0.6) is 0 Å². The van der Waals surface area contributed by atoms with Gasteiger partial charge in [0.1, 0.15) is 0 Å². The summed E-state index contributed by atoms with van der Waals surface area (Å²) in [6, 6.07) is 6.96. The van der Waals surface area contributed by atoms with Gasteiger partial charge in [-0.15, -0.1) is 12.4 Å². The third-order valence-corrected chi connectivity index (χ3v) is 4.14. The maximum atomic E-state index is 12.2. The van der Waals surface area contributed by atoms with Gasteiger partial charge in [-0.05, 0) is 37.1 Å². The molecule has 4 amide bonds. The van der Waals surface area contributed by atoms with Gasteiger partial charge in [-0.2, -0.15) is 0 Å². The SMILES string of the molecule is Cl.O=C(NCC1CCCN1)c1cccc(CN2C(=O)CNC2=O)c1. The molecule has 2 aliphatic rings. The number of imide groups is 1. The molecule has 0 bridgehead atoms. The summed E-state index contributed by atoms with van der Waals surface area (Å²) >= 11 is 0. The third kappa shape index (κ3) is 4.24. The Labute approximate surface area is 146 Å². The molecule has 24 heavy (non-hydrogen) atoms. The van der Waals surface area contributed by atoms with E-state index in [1.807, 2.05) is 0 Å². The third-order valence-electron chi connectivity index (χ3n) is 4.14. The second kappa shape index (κ2) is 8.12. The highest BCUT2D eigenvalue weighted by Crippen LogP contribution is 2.11. The number of hydrogen-bond donors (Lipinski definition) is 3. The van der Waals surface area contributed by atoms with E-state index < -0.39 is 6.03 Å². The molecular weight excluding hydrogens is 332 g/mol. The summed E-state index contributed by atoms with van der Waals surface area (Å²) in [5.41, 5.74) is 1.29. The van der Waals surface area contributed by atoms with Crippen molar-refractivity contribution >= 4 is 30.3 Å². The van der Waals surface area contributed by atoms with Crippen LogP contribution in [-0.2, 0) is 11.3 Å². The molecule has 1 unspecified atom stereocenters. The molecule has 130 valence electrons. The number of nitrogens with zero attached hydrogens (tertiary/aromatic N) is 1. The summed E-state index contributed by atoms with van der Waals surface area (Å²) in [5, 5.41) is 8.73. The number of hydrogen-bond acceptors (Lipinski definition) is 4. The largest absolute Gasteiger partial charge is 0.350 e. The molecule has 1 aromatic carbocycles. The van der Waals surface area contributed by atoms with Crippen LogP contribution in [0.1, 0.15) is 28.8 Å². The Bertz CT molecular complexity index is 616. The number of halogens is 1. The molecule has 2 heterocycles. The standard InChI is InChI=1S/C16H20N4O3.ClH/c21-14-9-19-16(23)20(14)10-11-3-1-4-12(7-11)15(22)18-8-13-5-2-6-17-13;/h1,3-4,7,13,17H,2,5-6,8-10H2,(H,18,22)(H,19,23);1H. The van der Waals surface area contributed by atoms with E-state index in [4.69, 9.17) is 0 Å². The lowest BCUT2D eigenvalue weighted by Gasteiger charge is -2.14. The van der Waals surface area contributed by atoms with Gasteiger partial charge >= 0.3 is 6.03 Å². The minimum atomic E-state index is -0.392. The molecule has 7 nitrogen and oxygen atoms in total. The zero-order valence-corrected chi connectivity index (χ0v) is 14.0. The zero-order chi connectivity index (χ0) is 16.2. The summed E-state index contributed by atoms with van der Waals surface area (Å²) in [6.45, 7) is 1.82. The number of nitrogens with one attached hydrogen (secondary N) is 3. The van der Waals surface area contributed by atoms with E-state index >= 15 is 0 Å². The van der Waals surface area contributed by atoms with Crippen LogP contribution in [0.4, 0.5) is 4.79 Å². The van der Waals surface area contributed by atoms with Gasteiger partial charge in [-0.3, -0.25) is 14.5 Å². The summed E-state index contributed by atoms with van der Waals surface area (Å²) in [5.74, 6) is -0.394. The fourth-order valence-electron chi connectivity index (χ4n) is 2.86. The van der Waals surface area contributed by atoms with Gasteiger partial charge in [0.15, 0.2) is 0 Å². The second-order valence-corrected chi connectivity index (χ2v) is 5.84. The van der Waals surface area contributed by atoms with Crippen LogP contribution >= 0.6 is 12.4 Å². The molecule has 1 atom stereocenters. The van der Waals surface area contributed by atoms with E-state index in [2.05, 4.69) is 16.0 Å². The van der Waals surface area contributed by atoms with Crippen LogP contribution in [0.15, 0.2) is 24.3 Å². The normalized spacial score (nSPS) is 19.8. The maximum Gasteiger partial charge on any atom is 0.324 e. The zero-order valence-electron chi connectivity index (χ0n) is 13.2. The van der Waals surface area contributed by atoms with Gasteiger partial charge in [-0.25, -0.2) is 4.79 Å². The highest BCUT2D eigenvalue weighted by atomic mass is 35.5. The Balaban J connectivity index is 0.00000208. The maximum absolute atomic E-state index is 12.2. The predicted octanol–water partition coefficient (Wildman–Crippen LogP) is 0.642. The fraction of sp³-hybridized carbons (Fsp3) is 0.438. The summed E-state index contributed by atoms with van der Waals surface area (Å²) in [7, 11) is 0. The molecule has 3 rings (SSSR count). The lowest BCUT2D eigenvalue weighted by molar-refractivity contribution is -0.125. The minimum absolute atomic E-state index is 0. The number of urea groups is 1. The molecule has 2 fully saturated rings. The van der Waals surface area contributed by atoms with E-state index in [9.17, 15) is 14.4 Å². The highest BCUT2D eigenvalue weighted by Gasteiger charge is 2.28. The van der Waals surface area contributed by atoms with E-state index in [1.165, 1.54) is 0 Å². The number of rotatable bonds is 5. The Morgan fingerprint density at radius 3 is 2.83 bits per heavy atom. The van der Waals surface area contributed by atoms with Gasteiger partial charge in [0, 0.05) is 18.2 Å². The quantitative estimate of drug-likeness (QED) is 0.678. The second-order valence-electron chi connectivity index (χ2n) is 5.84. The number of carbonyl (C=O) groups is 3. The van der Waals surface area contributed by atoms with E-state index in [-0.39, 0.29) is 37.3 Å². The van der Waals surface area contributed by atoms with Crippen molar-refractivity contribution < 1.29 is 14.4 Å². The molecule has 0 aromatic heterocycles. The van der Waals surface area contributed by atoms with Gasteiger partial charge in [0.05, 0.1) is 13.1 Å². The molecule has 2 saturated heterocycles. The van der Waals surface area contributed by atoms with Crippen LogP contribution < -0.4 is 16.0 Å². The van der Waals surface area contributed by atoms with Gasteiger partial charge in [0.25, 0.3) is 5.91 Å². The monoisotopic (exact) mass is 352 g/mol. The van der Waals surface area contributed by atoms with Crippen LogP contribution in [0, 0.1) is 0 Å². The minimum Gasteiger partial charge on any atom is -0.350 e. The van der Waals surface area contributed by atoms with E-state index in [1.54, 1.807) is 24.3 Å². The van der Waals surface area contributed by atoms with Crippen molar-refractivity contribution in [2.24, 2.45) is 0 Å². The van der Waals surface area contributed by atoms with Crippen LogP contribution in [0.25, 0.3) is 0 Å². The van der Waals surface area contributed by atoms with Gasteiger partial charge in [0.2, 0.25) is 5.91 Å². The smallest absolute Gasteiger partial charge is 0.324 e. The van der Waals surface area contributed by atoms with Gasteiger partial charge in [-0.1, -0.05) is 12.1 Å². The summed E-state index contributed by atoms with van der Waals surface area (Å²) in [6.07, 6.45) is 2.22. The Hall–Kier alpha value is -2.12. The Morgan fingerprint density at radius 1 is 1.33 bits per heavy atom. The summed E-state index contributed by atoms with van der Waals surface area (Å²) < 4.78 is 0. The summed E-state index contributed by atoms with van der Waals surface area (Å²) in [4.78, 5) is 36.6. The molecular formula is C16H21ClN4O3. The van der Waals surface area contributed by atoms with E-state index in [0.29, 0.717) is 18.2 Å². The van der Waals surface area contributed by atoms with Crippen molar-refractivity contribution in [3.05, 3.63) is 35.4 Å². The van der Waals surface area contributed by atoms with Crippen LogP contribution in [0.2, 0.25) is 0 Å². The number of carbonyl (C=O) groups excluding carboxylic acids is 3. The molecule has 3 N–H and O–H groups in total. The average Bonchev–Trinajstić information content (AvgIpc) is 3.18. The van der Waals surface area contributed by atoms with E-state index in [0.717, 1.165) is 29.8 Å². The molecule has 0 radical (unpaired) electrons. The molecule has 1 aromatic rings. The molecule has 0 spiro atoms. The average molecular weight is 353 g/mol. The van der Waals surface area contributed by atoms with Crippen molar-refractivity contribution in [2.75, 3.05) is 19.6 Å². The molecule has 0 saturated carbocycles. The van der Waals surface area contributed by atoms with Crippen molar-refractivity contribution in [1.29, 1.82) is 0 Å². The lowest BCUT2D eigenvalue weighted by atomic mass is 10.1. The van der Waals surface area contributed by atoms with Crippen molar-refractivity contribution in [3.63, 3.8) is 0 Å². The molecule has 2 aliphatic heterocycles. The first-order valence-corrected chi connectivity index (χ1v) is 7.82. The Morgan fingerprint density at radius 2 is 2.17 bits per heavy atom. The van der Waals surface area contributed by atoms with Crippen molar-refractivity contribution in [3.8, 4) is 0 Å². The first kappa shape index (κ1) is 18.2. The molecule has 0 aliphatic carbocycles. The lowest BCUT2D eigenvalue weighted by Crippen LogP contribution is -2.37. The highest BCUT2D eigenvalue weighted by molar-refractivity contribution is 6.02. The predicted molar refractivity (Wildman–Crippen MR) is 91.0 cm³/mol. The van der Waals surface area contributed by atoms with Crippen molar-refractivity contribution in [2.45, 2.75) is 25.4 Å². The van der Waals surface area contributed by atoms with Gasteiger partial charge < -0.3 is 16.0 Å². The fourth-order valence-corrected chi connectivity index (χ4v) is 2.86. The number of benzene rings is 1.